The molecule has 0 saturated carbocycles. The fourth-order valence-electron chi connectivity index (χ4n) is 4.49. The second-order valence-corrected chi connectivity index (χ2v) is 8.19. The van der Waals surface area contributed by atoms with E-state index in [-0.39, 0.29) is 22.2 Å². The van der Waals surface area contributed by atoms with Crippen LogP contribution < -0.4 is 10.2 Å². The van der Waals surface area contributed by atoms with Gasteiger partial charge in [0.05, 0.1) is 12.6 Å². The number of pyridine rings is 1. The first kappa shape index (κ1) is 23.2. The zero-order valence-corrected chi connectivity index (χ0v) is 17.7. The monoisotopic (exact) mass is 471 g/mol. The maximum Gasteiger partial charge on any atom is 0.417 e. The lowest BCUT2D eigenvalue weighted by atomic mass is 9.76. The number of halogens is 6. The second-order valence-electron chi connectivity index (χ2n) is 8.19. The van der Waals surface area contributed by atoms with Gasteiger partial charge >= 0.3 is 6.18 Å². The quantitative estimate of drug-likeness (QED) is 0.494. The Balaban J connectivity index is 1.98. The van der Waals surface area contributed by atoms with Crippen molar-refractivity contribution in [1.29, 1.82) is 0 Å². The van der Waals surface area contributed by atoms with Crippen LogP contribution >= 0.6 is 0 Å². The van der Waals surface area contributed by atoms with Crippen LogP contribution in [0.3, 0.4) is 0 Å². The molecule has 0 spiro atoms. The number of alkyl halides is 3. The normalized spacial score (nSPS) is 25.5. The third kappa shape index (κ3) is 3.47. The molecule has 176 valence electrons. The molecule has 0 amide bonds. The molecule has 1 N–H and O–H groups in total. The highest BCUT2D eigenvalue weighted by molar-refractivity contribution is 5.79. The fraction of sp³-hybridized carbons (Fsp3) is 0.348. The van der Waals surface area contributed by atoms with E-state index in [1.807, 2.05) is 0 Å². The number of hydrogen-bond donors (Lipinski definition) is 1. The molecule has 1 aliphatic heterocycles. The van der Waals surface area contributed by atoms with Crippen LogP contribution in [0.1, 0.15) is 37.1 Å². The summed E-state index contributed by atoms with van der Waals surface area (Å²) in [6.07, 6.45) is -6.31. The minimum absolute atomic E-state index is 0.00494. The Hall–Kier alpha value is -3.01. The van der Waals surface area contributed by atoms with E-state index >= 15 is 0 Å². The molecule has 2 heterocycles. The van der Waals surface area contributed by atoms with Crippen LogP contribution in [0, 0.1) is 23.4 Å². The van der Waals surface area contributed by atoms with E-state index < -0.39 is 58.3 Å². The summed E-state index contributed by atoms with van der Waals surface area (Å²) in [5.41, 5.74) is -3.75. The Kier molecular flexibility index (Phi) is 5.47. The first-order chi connectivity index (χ1) is 15.4. The first-order valence-corrected chi connectivity index (χ1v) is 9.98. The molecule has 4 atom stereocenters. The zero-order chi connectivity index (χ0) is 24.3. The Morgan fingerprint density at radius 1 is 1.09 bits per heavy atom. The minimum atomic E-state index is -4.84. The van der Waals surface area contributed by atoms with Crippen LogP contribution in [0.2, 0.25) is 0 Å². The molecule has 1 fully saturated rings. The van der Waals surface area contributed by atoms with E-state index in [1.54, 1.807) is 0 Å². The maximum atomic E-state index is 14.5. The highest BCUT2D eigenvalue weighted by Crippen LogP contribution is 2.59. The van der Waals surface area contributed by atoms with Gasteiger partial charge in [-0.2, -0.15) is 17.6 Å². The SMILES string of the molecule is COc1c([C@H]2[C@H](c3cc(=O)c4cccc(F)c4[nH]3)O[C@@](C)(C(F)(F)F)[C@H]2C)ccc(F)c1F. The van der Waals surface area contributed by atoms with Crippen molar-refractivity contribution in [2.24, 2.45) is 5.92 Å². The molecule has 0 bridgehead atoms. The maximum absolute atomic E-state index is 14.5. The van der Waals surface area contributed by atoms with Gasteiger partial charge in [0.15, 0.2) is 22.6 Å². The number of benzene rings is 2. The molecule has 3 aromatic rings. The predicted octanol–water partition coefficient (Wildman–Crippen LogP) is 5.77. The van der Waals surface area contributed by atoms with Crippen LogP contribution in [0.15, 0.2) is 41.2 Å². The van der Waals surface area contributed by atoms with E-state index in [9.17, 15) is 31.1 Å². The van der Waals surface area contributed by atoms with Gasteiger partial charge in [0.2, 0.25) is 5.82 Å². The predicted molar refractivity (Wildman–Crippen MR) is 108 cm³/mol. The summed E-state index contributed by atoms with van der Waals surface area (Å²) >= 11 is 0. The molecule has 4 rings (SSSR count). The van der Waals surface area contributed by atoms with Crippen LogP contribution in [0.4, 0.5) is 26.3 Å². The largest absolute Gasteiger partial charge is 0.493 e. The molecule has 0 unspecified atom stereocenters. The summed E-state index contributed by atoms with van der Waals surface area (Å²) < 4.78 is 95.4. The van der Waals surface area contributed by atoms with Crippen LogP contribution in [-0.2, 0) is 4.74 Å². The summed E-state index contributed by atoms with van der Waals surface area (Å²) in [6, 6.07) is 6.72. The van der Waals surface area contributed by atoms with Gasteiger partial charge in [-0.25, -0.2) is 8.78 Å². The number of aromatic amines is 1. The highest BCUT2D eigenvalue weighted by Gasteiger charge is 2.65. The van der Waals surface area contributed by atoms with E-state index in [1.165, 1.54) is 19.1 Å². The van der Waals surface area contributed by atoms with Crippen molar-refractivity contribution >= 4 is 10.9 Å². The van der Waals surface area contributed by atoms with Crippen molar-refractivity contribution in [3.05, 3.63) is 75.3 Å². The average Bonchev–Trinajstić information content (AvgIpc) is 3.02. The van der Waals surface area contributed by atoms with Gasteiger partial charge in [-0.05, 0) is 25.1 Å². The number of hydrogen-bond acceptors (Lipinski definition) is 3. The smallest absolute Gasteiger partial charge is 0.417 e. The van der Waals surface area contributed by atoms with Crippen molar-refractivity contribution in [3.8, 4) is 5.75 Å². The molecule has 1 saturated heterocycles. The molecule has 4 nitrogen and oxygen atoms in total. The first-order valence-electron chi connectivity index (χ1n) is 9.98. The van der Waals surface area contributed by atoms with Gasteiger partial charge in [-0.1, -0.05) is 19.1 Å². The standard InChI is InChI=1S/C23H19F6NO3/c1-10-17(12-7-8-13(24)18(26)20(12)32-3)21(33-22(10,2)23(27,28)29)15-9-16(31)11-5-4-6-14(25)19(11)30-15/h4-10,17,21H,1-3H3,(H,30,31)/t10-,17-,21-,22+/m0/s1. The van der Waals surface area contributed by atoms with E-state index in [0.29, 0.717) is 0 Å². The Labute approximate surface area is 184 Å². The van der Waals surface area contributed by atoms with Crippen molar-refractivity contribution < 1.29 is 35.8 Å². The Morgan fingerprint density at radius 2 is 1.79 bits per heavy atom. The van der Waals surface area contributed by atoms with Crippen LogP contribution in [0.5, 0.6) is 5.75 Å². The van der Waals surface area contributed by atoms with E-state index in [2.05, 4.69) is 4.98 Å². The number of rotatable bonds is 3. The second kappa shape index (κ2) is 7.79. The lowest BCUT2D eigenvalue weighted by Crippen LogP contribution is -2.46. The molecule has 0 aliphatic carbocycles. The molecule has 1 aliphatic rings. The van der Waals surface area contributed by atoms with E-state index in [0.717, 1.165) is 38.3 Å². The summed E-state index contributed by atoms with van der Waals surface area (Å²) in [4.78, 5) is 15.3. The van der Waals surface area contributed by atoms with Crippen LogP contribution in [-0.4, -0.2) is 23.9 Å². The molecular weight excluding hydrogens is 452 g/mol. The minimum Gasteiger partial charge on any atom is -0.493 e. The summed E-state index contributed by atoms with van der Waals surface area (Å²) in [5, 5.41) is 0.00494. The number of ether oxygens (including phenoxy) is 2. The Bertz CT molecular complexity index is 1290. The number of aromatic nitrogens is 1. The van der Waals surface area contributed by atoms with Gasteiger partial charge in [-0.15, -0.1) is 0 Å². The molecule has 1 aromatic heterocycles. The van der Waals surface area contributed by atoms with Gasteiger partial charge in [0, 0.05) is 34.5 Å². The summed E-state index contributed by atoms with van der Waals surface area (Å²) in [6.45, 7) is 2.11. The molecule has 2 aromatic carbocycles. The third-order valence-electron chi connectivity index (χ3n) is 6.45. The van der Waals surface area contributed by atoms with Crippen molar-refractivity contribution in [2.45, 2.75) is 37.6 Å². The number of H-pyrrole nitrogens is 1. The van der Waals surface area contributed by atoms with Crippen molar-refractivity contribution in [1.82, 2.24) is 4.98 Å². The zero-order valence-electron chi connectivity index (χ0n) is 17.7. The molecular formula is C23H19F6NO3. The fourth-order valence-corrected chi connectivity index (χ4v) is 4.49. The topological polar surface area (TPSA) is 51.3 Å². The van der Waals surface area contributed by atoms with Gasteiger partial charge < -0.3 is 14.5 Å². The lowest BCUT2D eigenvalue weighted by Gasteiger charge is -2.32. The molecule has 0 radical (unpaired) electrons. The number of para-hydroxylation sites is 1. The lowest BCUT2D eigenvalue weighted by molar-refractivity contribution is -0.275. The summed E-state index contributed by atoms with van der Waals surface area (Å²) in [5.74, 6) is -6.49. The average molecular weight is 471 g/mol. The van der Waals surface area contributed by atoms with E-state index in [4.69, 9.17) is 9.47 Å². The Morgan fingerprint density at radius 3 is 2.42 bits per heavy atom. The van der Waals surface area contributed by atoms with Crippen LogP contribution in [0.25, 0.3) is 10.9 Å². The number of nitrogens with one attached hydrogen (secondary N) is 1. The van der Waals surface area contributed by atoms with Gasteiger partial charge in [0.25, 0.3) is 0 Å². The number of fused-ring (bicyclic) bond motifs is 1. The third-order valence-corrected chi connectivity index (χ3v) is 6.45. The molecule has 33 heavy (non-hydrogen) atoms. The van der Waals surface area contributed by atoms with Gasteiger partial charge in [-0.3, -0.25) is 4.79 Å². The van der Waals surface area contributed by atoms with Crippen molar-refractivity contribution in [2.75, 3.05) is 7.11 Å². The van der Waals surface area contributed by atoms with Gasteiger partial charge in [0.1, 0.15) is 11.9 Å². The van der Waals surface area contributed by atoms with Crippen molar-refractivity contribution in [3.63, 3.8) is 0 Å². The molecule has 10 heteroatoms. The number of methoxy groups -OCH3 is 1. The summed E-state index contributed by atoms with van der Waals surface area (Å²) in [7, 11) is 1.06. The highest BCUT2D eigenvalue weighted by atomic mass is 19.4.